The van der Waals surface area contributed by atoms with Crippen molar-refractivity contribution in [3.63, 3.8) is 0 Å². The molecule has 0 fully saturated rings. The molecule has 4 heteroatoms. The quantitative estimate of drug-likeness (QED) is 0.632. The van der Waals surface area contributed by atoms with E-state index in [1.165, 1.54) is 5.39 Å². The fourth-order valence-electron chi connectivity index (χ4n) is 2.14. The van der Waals surface area contributed by atoms with Crippen LogP contribution in [0.3, 0.4) is 0 Å². The van der Waals surface area contributed by atoms with Crippen molar-refractivity contribution in [2.75, 3.05) is 5.73 Å². The van der Waals surface area contributed by atoms with E-state index in [0.29, 0.717) is 17.3 Å². The molecule has 0 unspecified atom stereocenters. The molecule has 0 aliphatic rings. The zero-order valence-corrected chi connectivity index (χ0v) is 13.5. The Bertz CT molecular complexity index is 804. The highest BCUT2D eigenvalue weighted by Crippen LogP contribution is 2.25. The summed E-state index contributed by atoms with van der Waals surface area (Å²) >= 11 is 9.36. The summed E-state index contributed by atoms with van der Waals surface area (Å²) in [6.07, 6.45) is 0. The zero-order chi connectivity index (χ0) is 14.8. The van der Waals surface area contributed by atoms with Gasteiger partial charge in [-0.3, -0.25) is 0 Å². The van der Waals surface area contributed by atoms with Crippen molar-refractivity contribution in [1.82, 2.24) is 0 Å². The topological polar surface area (TPSA) is 35.2 Å². The standard InChI is InChI=1S/C17H13BrClNO/c18-14-4-1-12-8-16(6-3-11(12)7-14)21-10-13-2-5-15(19)9-17(13)20/h1-9H,10,20H2. The van der Waals surface area contributed by atoms with Crippen LogP contribution >= 0.6 is 27.5 Å². The molecule has 0 aliphatic carbocycles. The molecule has 0 heterocycles. The molecule has 3 rings (SSSR count). The van der Waals surface area contributed by atoms with Gasteiger partial charge >= 0.3 is 0 Å². The second kappa shape index (κ2) is 5.96. The molecule has 0 spiro atoms. The summed E-state index contributed by atoms with van der Waals surface area (Å²) in [7, 11) is 0. The Balaban J connectivity index is 1.80. The third-order valence-electron chi connectivity index (χ3n) is 3.28. The maximum Gasteiger partial charge on any atom is 0.120 e. The molecule has 2 N–H and O–H groups in total. The molecule has 0 atom stereocenters. The van der Waals surface area contributed by atoms with E-state index in [9.17, 15) is 0 Å². The Hall–Kier alpha value is -1.71. The highest BCUT2D eigenvalue weighted by molar-refractivity contribution is 9.10. The van der Waals surface area contributed by atoms with Gasteiger partial charge in [0.15, 0.2) is 0 Å². The van der Waals surface area contributed by atoms with Gasteiger partial charge in [0.1, 0.15) is 12.4 Å². The smallest absolute Gasteiger partial charge is 0.120 e. The van der Waals surface area contributed by atoms with Crippen LogP contribution in [-0.2, 0) is 6.61 Å². The number of halogens is 2. The van der Waals surface area contributed by atoms with Gasteiger partial charge < -0.3 is 10.5 Å². The molecule has 0 aliphatic heterocycles. The summed E-state index contributed by atoms with van der Waals surface area (Å²) in [4.78, 5) is 0. The van der Waals surface area contributed by atoms with Crippen LogP contribution in [0.15, 0.2) is 59.1 Å². The molecule has 3 aromatic rings. The van der Waals surface area contributed by atoms with Gasteiger partial charge in [-0.2, -0.15) is 0 Å². The Morgan fingerprint density at radius 1 is 0.952 bits per heavy atom. The van der Waals surface area contributed by atoms with Crippen LogP contribution < -0.4 is 10.5 Å². The number of fused-ring (bicyclic) bond motifs is 1. The van der Waals surface area contributed by atoms with Crippen molar-refractivity contribution < 1.29 is 4.74 Å². The second-order valence-electron chi connectivity index (χ2n) is 4.79. The predicted molar refractivity (Wildman–Crippen MR) is 91.8 cm³/mol. The SMILES string of the molecule is Nc1cc(Cl)ccc1COc1ccc2cc(Br)ccc2c1. The predicted octanol–water partition coefficient (Wildman–Crippen LogP) is 5.42. The summed E-state index contributed by atoms with van der Waals surface area (Å²) < 4.78 is 6.88. The van der Waals surface area contributed by atoms with Crippen molar-refractivity contribution >= 4 is 44.0 Å². The number of ether oxygens (including phenoxy) is 1. The first kappa shape index (κ1) is 14.2. The van der Waals surface area contributed by atoms with Crippen LogP contribution in [0, 0.1) is 0 Å². The maximum absolute atomic E-state index is 5.92. The van der Waals surface area contributed by atoms with Crippen molar-refractivity contribution in [1.29, 1.82) is 0 Å². The first-order valence-electron chi connectivity index (χ1n) is 6.48. The van der Waals surface area contributed by atoms with Crippen LogP contribution in [0.2, 0.25) is 5.02 Å². The van der Waals surface area contributed by atoms with Gasteiger partial charge in [0.05, 0.1) is 0 Å². The number of rotatable bonds is 3. The molecule has 0 radical (unpaired) electrons. The highest BCUT2D eigenvalue weighted by Gasteiger charge is 2.03. The number of nitrogen functional groups attached to an aromatic ring is 1. The number of hydrogen-bond donors (Lipinski definition) is 1. The van der Waals surface area contributed by atoms with Gasteiger partial charge in [-0.1, -0.05) is 45.7 Å². The first-order valence-corrected chi connectivity index (χ1v) is 7.65. The number of benzene rings is 3. The molecule has 3 aromatic carbocycles. The molecule has 0 saturated carbocycles. The molecule has 0 amide bonds. The fraction of sp³-hybridized carbons (Fsp3) is 0.0588. The zero-order valence-electron chi connectivity index (χ0n) is 11.1. The number of anilines is 1. The molecule has 0 saturated heterocycles. The second-order valence-corrected chi connectivity index (χ2v) is 6.14. The summed E-state index contributed by atoms with van der Waals surface area (Å²) in [5, 5.41) is 2.94. The van der Waals surface area contributed by atoms with Crippen molar-refractivity contribution in [3.05, 3.63) is 69.7 Å². The third kappa shape index (κ3) is 3.31. The lowest BCUT2D eigenvalue weighted by molar-refractivity contribution is 0.307. The van der Waals surface area contributed by atoms with E-state index < -0.39 is 0 Å². The molecule has 0 aromatic heterocycles. The van der Waals surface area contributed by atoms with E-state index in [-0.39, 0.29) is 0 Å². The van der Waals surface area contributed by atoms with Gasteiger partial charge in [-0.15, -0.1) is 0 Å². The molecule has 106 valence electrons. The lowest BCUT2D eigenvalue weighted by Crippen LogP contribution is -2.00. The van der Waals surface area contributed by atoms with Crippen molar-refractivity contribution in [2.45, 2.75) is 6.61 Å². The summed E-state index contributed by atoms with van der Waals surface area (Å²) in [5.41, 5.74) is 7.49. The van der Waals surface area contributed by atoms with Gasteiger partial charge in [-0.25, -0.2) is 0 Å². The van der Waals surface area contributed by atoms with E-state index in [2.05, 4.69) is 28.1 Å². The number of hydrogen-bond acceptors (Lipinski definition) is 2. The molecule has 21 heavy (non-hydrogen) atoms. The van der Waals surface area contributed by atoms with Gasteiger partial charge in [-0.05, 0) is 47.2 Å². The monoisotopic (exact) mass is 361 g/mol. The Morgan fingerprint density at radius 3 is 2.52 bits per heavy atom. The minimum absolute atomic E-state index is 0.422. The molecular formula is C17H13BrClNO. The van der Waals surface area contributed by atoms with E-state index in [1.807, 2.05) is 36.4 Å². The van der Waals surface area contributed by atoms with Gasteiger partial charge in [0.25, 0.3) is 0 Å². The van der Waals surface area contributed by atoms with Crippen LogP contribution in [0.5, 0.6) is 5.75 Å². The van der Waals surface area contributed by atoms with Crippen LogP contribution in [0.1, 0.15) is 5.56 Å². The minimum atomic E-state index is 0.422. The van der Waals surface area contributed by atoms with Crippen LogP contribution in [-0.4, -0.2) is 0 Å². The normalized spacial score (nSPS) is 10.8. The van der Waals surface area contributed by atoms with Crippen molar-refractivity contribution in [2.24, 2.45) is 0 Å². The molecule has 2 nitrogen and oxygen atoms in total. The van der Waals surface area contributed by atoms with E-state index >= 15 is 0 Å². The van der Waals surface area contributed by atoms with Crippen molar-refractivity contribution in [3.8, 4) is 5.75 Å². The Labute approximate surface area is 136 Å². The first-order chi connectivity index (χ1) is 10.1. The van der Waals surface area contributed by atoms with E-state index in [0.717, 1.165) is 21.2 Å². The largest absolute Gasteiger partial charge is 0.489 e. The van der Waals surface area contributed by atoms with Gasteiger partial charge in [0.2, 0.25) is 0 Å². The highest BCUT2D eigenvalue weighted by atomic mass is 79.9. The lowest BCUT2D eigenvalue weighted by Gasteiger charge is -2.10. The van der Waals surface area contributed by atoms with Crippen LogP contribution in [0.25, 0.3) is 10.8 Å². The Morgan fingerprint density at radius 2 is 1.71 bits per heavy atom. The lowest BCUT2D eigenvalue weighted by atomic mass is 10.1. The molecule has 0 bridgehead atoms. The average Bonchev–Trinajstić information content (AvgIpc) is 2.46. The minimum Gasteiger partial charge on any atom is -0.489 e. The van der Waals surface area contributed by atoms with Gasteiger partial charge in [0, 0.05) is 20.7 Å². The Kier molecular flexibility index (Phi) is 4.04. The average molecular weight is 363 g/mol. The maximum atomic E-state index is 5.92. The summed E-state index contributed by atoms with van der Waals surface area (Å²) in [6, 6.07) is 17.6. The third-order valence-corrected chi connectivity index (χ3v) is 4.00. The summed E-state index contributed by atoms with van der Waals surface area (Å²) in [5.74, 6) is 0.819. The van der Waals surface area contributed by atoms with E-state index in [4.69, 9.17) is 22.1 Å². The van der Waals surface area contributed by atoms with E-state index in [1.54, 1.807) is 6.07 Å². The summed E-state index contributed by atoms with van der Waals surface area (Å²) in [6.45, 7) is 0.422. The number of nitrogens with two attached hydrogens (primary N) is 1. The fourth-order valence-corrected chi connectivity index (χ4v) is 2.70. The van der Waals surface area contributed by atoms with Crippen LogP contribution in [0.4, 0.5) is 5.69 Å². The molecular weight excluding hydrogens is 350 g/mol.